The van der Waals surface area contributed by atoms with Crippen LogP contribution in [0.4, 0.5) is 0 Å². The van der Waals surface area contributed by atoms with Crippen LogP contribution in [0.1, 0.15) is 58.6 Å². The maximum absolute atomic E-state index is 10.2. The molecule has 3 nitrogen and oxygen atoms in total. The van der Waals surface area contributed by atoms with E-state index < -0.39 is 6.10 Å². The van der Waals surface area contributed by atoms with Gasteiger partial charge in [-0.2, -0.15) is 0 Å². The second-order valence-electron chi connectivity index (χ2n) is 8.91. The highest BCUT2D eigenvalue weighted by atomic mass is 16.5. The lowest BCUT2D eigenvalue weighted by Crippen LogP contribution is -2.97. The molecule has 0 spiro atoms. The summed E-state index contributed by atoms with van der Waals surface area (Å²) >= 11 is 0. The summed E-state index contributed by atoms with van der Waals surface area (Å²) in [6.07, 6.45) is 4.26. The van der Waals surface area contributed by atoms with Gasteiger partial charge < -0.3 is 15.2 Å². The highest BCUT2D eigenvalue weighted by Crippen LogP contribution is 2.26. The Labute approximate surface area is 141 Å². The lowest BCUT2D eigenvalue weighted by Gasteiger charge is -2.31. The molecule has 130 valence electrons. The van der Waals surface area contributed by atoms with Gasteiger partial charge in [-0.3, -0.25) is 0 Å². The van der Waals surface area contributed by atoms with E-state index in [1.807, 2.05) is 6.07 Å². The molecular formula is C20H34NO2+. The molecule has 0 fully saturated rings. The fourth-order valence-corrected chi connectivity index (χ4v) is 3.79. The third-order valence-corrected chi connectivity index (χ3v) is 4.44. The third kappa shape index (κ3) is 6.15. The molecule has 0 unspecified atom stereocenters. The van der Waals surface area contributed by atoms with E-state index in [9.17, 15) is 5.11 Å². The summed E-state index contributed by atoms with van der Waals surface area (Å²) in [5.74, 6) is 0.888. The van der Waals surface area contributed by atoms with Crippen molar-refractivity contribution in [3.63, 3.8) is 0 Å². The number of nitrogens with two attached hydrogens (primary N) is 1. The number of aliphatic hydroxyl groups is 1. The van der Waals surface area contributed by atoms with Gasteiger partial charge in [-0.15, -0.1) is 0 Å². The van der Waals surface area contributed by atoms with E-state index in [2.05, 4.69) is 52.1 Å². The average Bonchev–Trinajstić information content (AvgIpc) is 2.88. The maximum Gasteiger partial charge on any atom is 0.137 e. The van der Waals surface area contributed by atoms with Gasteiger partial charge >= 0.3 is 0 Å². The molecule has 0 saturated carbocycles. The molecule has 1 aliphatic carbocycles. The lowest BCUT2D eigenvalue weighted by molar-refractivity contribution is -0.727. The molecule has 0 radical (unpaired) electrons. The van der Waals surface area contributed by atoms with Crippen molar-refractivity contribution in [1.29, 1.82) is 0 Å². The summed E-state index contributed by atoms with van der Waals surface area (Å²) in [6.45, 7) is 12.3. The van der Waals surface area contributed by atoms with Gasteiger partial charge in [-0.1, -0.05) is 26.8 Å². The van der Waals surface area contributed by atoms with Gasteiger partial charge in [0.25, 0.3) is 0 Å². The molecule has 1 aliphatic rings. The summed E-state index contributed by atoms with van der Waals surface area (Å²) in [5, 5.41) is 12.5. The van der Waals surface area contributed by atoms with Crippen molar-refractivity contribution in [2.75, 3.05) is 13.2 Å². The van der Waals surface area contributed by atoms with E-state index >= 15 is 0 Å². The SMILES string of the molecule is CC(C)(C)CC(C)(C)[NH2+]C[C@@H](O)COc1ccc2c(c1)CCC2. The quantitative estimate of drug-likeness (QED) is 0.811. The molecule has 1 atom stereocenters. The molecule has 0 saturated heterocycles. The van der Waals surface area contributed by atoms with Crippen LogP contribution in [-0.4, -0.2) is 29.9 Å². The summed E-state index contributed by atoms with van der Waals surface area (Å²) in [4.78, 5) is 0. The average molecular weight is 320 g/mol. The smallest absolute Gasteiger partial charge is 0.137 e. The van der Waals surface area contributed by atoms with Crippen molar-refractivity contribution < 1.29 is 15.2 Å². The third-order valence-electron chi connectivity index (χ3n) is 4.44. The van der Waals surface area contributed by atoms with Crippen molar-refractivity contribution >= 4 is 0 Å². The normalized spacial score (nSPS) is 16.3. The minimum atomic E-state index is -0.442. The first-order valence-corrected chi connectivity index (χ1v) is 8.92. The summed E-state index contributed by atoms with van der Waals surface area (Å²) in [6, 6.07) is 6.34. The van der Waals surface area contributed by atoms with Crippen LogP contribution >= 0.6 is 0 Å². The summed E-state index contributed by atoms with van der Waals surface area (Å²) in [5.41, 5.74) is 3.29. The first-order valence-electron chi connectivity index (χ1n) is 8.92. The molecular weight excluding hydrogens is 286 g/mol. The zero-order chi connectivity index (χ0) is 17.1. The minimum absolute atomic E-state index is 0.132. The number of aliphatic hydroxyl groups excluding tert-OH is 1. The molecule has 0 amide bonds. The Hall–Kier alpha value is -1.06. The number of hydrogen-bond acceptors (Lipinski definition) is 2. The van der Waals surface area contributed by atoms with Crippen molar-refractivity contribution in [3.05, 3.63) is 29.3 Å². The van der Waals surface area contributed by atoms with E-state index in [1.165, 1.54) is 24.0 Å². The highest BCUT2D eigenvalue weighted by Gasteiger charge is 2.29. The monoisotopic (exact) mass is 320 g/mol. The first kappa shape index (κ1) is 18.3. The number of quaternary nitrogens is 1. The van der Waals surface area contributed by atoms with Gasteiger partial charge in [0.1, 0.15) is 25.0 Å². The van der Waals surface area contributed by atoms with Crippen LogP contribution in [0.2, 0.25) is 0 Å². The van der Waals surface area contributed by atoms with E-state index in [0.717, 1.165) is 18.6 Å². The fraction of sp³-hybridized carbons (Fsp3) is 0.700. The lowest BCUT2D eigenvalue weighted by atomic mass is 9.82. The largest absolute Gasteiger partial charge is 0.491 e. The second-order valence-corrected chi connectivity index (χ2v) is 8.91. The van der Waals surface area contributed by atoms with Gasteiger partial charge in [-0.25, -0.2) is 0 Å². The number of benzene rings is 1. The fourth-order valence-electron chi connectivity index (χ4n) is 3.79. The van der Waals surface area contributed by atoms with Crippen molar-refractivity contribution in [3.8, 4) is 5.75 Å². The molecule has 0 bridgehead atoms. The number of hydrogen-bond donors (Lipinski definition) is 2. The molecule has 3 heteroatoms. The standard InChI is InChI=1S/C20H33NO2/c1-19(2,3)14-20(4,5)21-12-17(22)13-23-18-10-9-15-7-6-8-16(15)11-18/h9-11,17,21-22H,6-8,12-14H2,1-5H3/p+1/t17-/m1/s1. The number of ether oxygens (including phenoxy) is 1. The predicted octanol–water partition coefficient (Wildman–Crippen LogP) is 2.69. The first-order chi connectivity index (χ1) is 10.6. The Kier molecular flexibility index (Phi) is 5.74. The zero-order valence-corrected chi connectivity index (χ0v) is 15.5. The Bertz CT molecular complexity index is 517. The summed E-state index contributed by atoms with van der Waals surface area (Å²) in [7, 11) is 0. The summed E-state index contributed by atoms with van der Waals surface area (Å²) < 4.78 is 5.79. The molecule has 1 aromatic rings. The van der Waals surface area contributed by atoms with Crippen molar-refractivity contribution in [2.45, 2.75) is 71.9 Å². The molecule has 23 heavy (non-hydrogen) atoms. The van der Waals surface area contributed by atoms with Crippen molar-refractivity contribution in [1.82, 2.24) is 0 Å². The molecule has 2 rings (SSSR count). The van der Waals surface area contributed by atoms with Crippen LogP contribution in [-0.2, 0) is 12.8 Å². The Morgan fingerprint density at radius 1 is 1.13 bits per heavy atom. The molecule has 0 aliphatic heterocycles. The van der Waals surface area contributed by atoms with Crippen LogP contribution in [0.3, 0.4) is 0 Å². The van der Waals surface area contributed by atoms with Crippen molar-refractivity contribution in [2.24, 2.45) is 5.41 Å². The molecule has 1 aromatic carbocycles. The Balaban J connectivity index is 1.76. The highest BCUT2D eigenvalue weighted by molar-refractivity contribution is 5.38. The van der Waals surface area contributed by atoms with Gasteiger partial charge in [-0.05, 0) is 61.8 Å². The number of rotatable bonds is 7. The molecule has 0 heterocycles. The zero-order valence-electron chi connectivity index (χ0n) is 15.5. The van der Waals surface area contributed by atoms with Gasteiger partial charge in [0, 0.05) is 6.42 Å². The van der Waals surface area contributed by atoms with Crippen LogP contribution in [0.25, 0.3) is 0 Å². The Morgan fingerprint density at radius 3 is 2.52 bits per heavy atom. The topological polar surface area (TPSA) is 46.1 Å². The van der Waals surface area contributed by atoms with E-state index in [-0.39, 0.29) is 5.54 Å². The number of fused-ring (bicyclic) bond motifs is 1. The van der Waals surface area contributed by atoms with E-state index in [0.29, 0.717) is 18.6 Å². The van der Waals surface area contributed by atoms with Gasteiger partial charge in [0.05, 0.1) is 5.54 Å². The van der Waals surface area contributed by atoms with Gasteiger partial charge in [0.2, 0.25) is 0 Å². The van der Waals surface area contributed by atoms with E-state index in [4.69, 9.17) is 4.74 Å². The van der Waals surface area contributed by atoms with Crippen LogP contribution in [0.5, 0.6) is 5.75 Å². The Morgan fingerprint density at radius 2 is 1.83 bits per heavy atom. The molecule has 0 aromatic heterocycles. The molecule has 3 N–H and O–H groups in total. The minimum Gasteiger partial charge on any atom is -0.491 e. The second kappa shape index (κ2) is 7.23. The van der Waals surface area contributed by atoms with Crippen LogP contribution in [0.15, 0.2) is 18.2 Å². The van der Waals surface area contributed by atoms with Crippen LogP contribution < -0.4 is 10.1 Å². The van der Waals surface area contributed by atoms with Crippen LogP contribution in [0, 0.1) is 5.41 Å². The van der Waals surface area contributed by atoms with Gasteiger partial charge in [0.15, 0.2) is 0 Å². The van der Waals surface area contributed by atoms with E-state index in [1.54, 1.807) is 0 Å². The maximum atomic E-state index is 10.2. The number of aryl methyl sites for hydroxylation is 2. The predicted molar refractivity (Wildman–Crippen MR) is 94.9 cm³/mol.